The standard InChI is InChI=1S/C15H19N3O3/c1-10-17-9-12(18-10)4-5-16-15(19)11-6-13(20-2)8-14(7-11)21-3/h6-9H,4-5H2,1-3H3,(H,16,19)(H,17,18). The van der Waals surface area contributed by atoms with Gasteiger partial charge in [0.05, 0.1) is 14.2 Å². The minimum Gasteiger partial charge on any atom is -0.497 e. The van der Waals surface area contributed by atoms with Gasteiger partial charge in [-0.05, 0) is 19.1 Å². The highest BCUT2D eigenvalue weighted by atomic mass is 16.5. The molecule has 2 rings (SSSR count). The van der Waals surface area contributed by atoms with E-state index in [4.69, 9.17) is 9.47 Å². The zero-order chi connectivity index (χ0) is 15.2. The summed E-state index contributed by atoms with van der Waals surface area (Å²) in [6, 6.07) is 5.08. The molecule has 0 aliphatic rings. The average Bonchev–Trinajstić information content (AvgIpc) is 2.92. The summed E-state index contributed by atoms with van der Waals surface area (Å²) in [7, 11) is 3.11. The number of ether oxygens (including phenoxy) is 2. The molecule has 0 aliphatic carbocycles. The minimum atomic E-state index is -0.163. The predicted octanol–water partition coefficient (Wildman–Crippen LogP) is 1.71. The maximum absolute atomic E-state index is 12.1. The average molecular weight is 289 g/mol. The number of aromatic nitrogens is 2. The van der Waals surface area contributed by atoms with Crippen LogP contribution in [0.5, 0.6) is 11.5 Å². The van der Waals surface area contributed by atoms with Gasteiger partial charge in [-0.3, -0.25) is 4.79 Å². The third-order valence-electron chi connectivity index (χ3n) is 3.05. The van der Waals surface area contributed by atoms with Gasteiger partial charge in [0.2, 0.25) is 0 Å². The van der Waals surface area contributed by atoms with Crippen molar-refractivity contribution in [3.05, 3.63) is 41.5 Å². The molecule has 0 saturated heterocycles. The van der Waals surface area contributed by atoms with E-state index in [1.807, 2.05) is 6.92 Å². The van der Waals surface area contributed by atoms with E-state index in [9.17, 15) is 4.79 Å². The Labute approximate surface area is 123 Å². The van der Waals surface area contributed by atoms with Gasteiger partial charge in [0, 0.05) is 36.5 Å². The number of nitrogens with zero attached hydrogens (tertiary/aromatic N) is 1. The number of aryl methyl sites for hydroxylation is 1. The number of imidazole rings is 1. The van der Waals surface area contributed by atoms with Gasteiger partial charge in [-0.1, -0.05) is 0 Å². The van der Waals surface area contributed by atoms with Crippen LogP contribution in [0.2, 0.25) is 0 Å². The summed E-state index contributed by atoms with van der Waals surface area (Å²) in [5.41, 5.74) is 1.50. The number of carbonyl (C=O) groups is 1. The molecule has 112 valence electrons. The second kappa shape index (κ2) is 6.78. The SMILES string of the molecule is COc1cc(OC)cc(C(=O)NCCc2cnc(C)[nH]2)c1. The van der Waals surface area contributed by atoms with E-state index in [0.717, 1.165) is 11.5 Å². The molecule has 6 heteroatoms. The van der Waals surface area contributed by atoms with Crippen LogP contribution in [0.4, 0.5) is 0 Å². The van der Waals surface area contributed by atoms with E-state index in [1.54, 1.807) is 38.6 Å². The third kappa shape index (κ3) is 3.98. The second-order valence-electron chi connectivity index (χ2n) is 4.60. The molecule has 0 radical (unpaired) electrons. The normalized spacial score (nSPS) is 10.2. The van der Waals surface area contributed by atoms with Gasteiger partial charge in [-0.2, -0.15) is 0 Å². The first kappa shape index (κ1) is 14.9. The molecule has 1 heterocycles. The van der Waals surface area contributed by atoms with Crippen LogP contribution >= 0.6 is 0 Å². The number of amides is 1. The second-order valence-corrected chi connectivity index (χ2v) is 4.60. The van der Waals surface area contributed by atoms with Crippen molar-refractivity contribution in [3.8, 4) is 11.5 Å². The van der Waals surface area contributed by atoms with Crippen molar-refractivity contribution >= 4 is 5.91 Å². The van der Waals surface area contributed by atoms with Gasteiger partial charge < -0.3 is 19.8 Å². The van der Waals surface area contributed by atoms with Crippen LogP contribution in [-0.2, 0) is 6.42 Å². The molecule has 0 aliphatic heterocycles. The van der Waals surface area contributed by atoms with Gasteiger partial charge in [0.1, 0.15) is 17.3 Å². The number of carbonyl (C=O) groups excluding carboxylic acids is 1. The summed E-state index contributed by atoms with van der Waals surface area (Å²) in [6.07, 6.45) is 2.48. The Morgan fingerprint density at radius 2 is 1.90 bits per heavy atom. The summed E-state index contributed by atoms with van der Waals surface area (Å²) in [5.74, 6) is 1.88. The lowest BCUT2D eigenvalue weighted by molar-refractivity contribution is 0.0953. The van der Waals surface area contributed by atoms with E-state index in [1.165, 1.54) is 0 Å². The molecule has 1 aromatic carbocycles. The number of nitrogens with one attached hydrogen (secondary N) is 2. The molecule has 21 heavy (non-hydrogen) atoms. The summed E-state index contributed by atoms with van der Waals surface area (Å²) in [5, 5.41) is 2.86. The van der Waals surface area contributed by atoms with Crippen molar-refractivity contribution in [1.29, 1.82) is 0 Å². The number of hydrogen-bond donors (Lipinski definition) is 2. The first-order valence-electron chi connectivity index (χ1n) is 6.64. The molecule has 1 amide bonds. The number of rotatable bonds is 6. The van der Waals surface area contributed by atoms with Crippen LogP contribution < -0.4 is 14.8 Å². The minimum absolute atomic E-state index is 0.163. The zero-order valence-corrected chi connectivity index (χ0v) is 12.4. The fraction of sp³-hybridized carbons (Fsp3) is 0.333. The van der Waals surface area contributed by atoms with Crippen LogP contribution in [0.3, 0.4) is 0 Å². The largest absolute Gasteiger partial charge is 0.497 e. The van der Waals surface area contributed by atoms with Crippen LogP contribution in [0.1, 0.15) is 21.9 Å². The fourth-order valence-electron chi connectivity index (χ4n) is 1.95. The molecule has 0 fully saturated rings. The van der Waals surface area contributed by atoms with Gasteiger partial charge in [0.25, 0.3) is 5.91 Å². The first-order valence-corrected chi connectivity index (χ1v) is 6.64. The van der Waals surface area contributed by atoms with Gasteiger partial charge in [-0.25, -0.2) is 4.98 Å². The van der Waals surface area contributed by atoms with Crippen molar-refractivity contribution in [2.45, 2.75) is 13.3 Å². The van der Waals surface area contributed by atoms with Crippen molar-refractivity contribution in [2.75, 3.05) is 20.8 Å². The molecule has 6 nitrogen and oxygen atoms in total. The lowest BCUT2D eigenvalue weighted by Gasteiger charge is -2.09. The maximum atomic E-state index is 12.1. The topological polar surface area (TPSA) is 76.2 Å². The molecule has 0 bridgehead atoms. The first-order chi connectivity index (χ1) is 10.1. The summed E-state index contributed by atoms with van der Waals surface area (Å²) in [4.78, 5) is 19.4. The van der Waals surface area contributed by atoms with E-state index in [-0.39, 0.29) is 5.91 Å². The zero-order valence-electron chi connectivity index (χ0n) is 12.4. The van der Waals surface area contributed by atoms with E-state index in [0.29, 0.717) is 30.0 Å². The Hall–Kier alpha value is -2.50. The smallest absolute Gasteiger partial charge is 0.251 e. The quantitative estimate of drug-likeness (QED) is 0.848. The Balaban J connectivity index is 1.96. The monoisotopic (exact) mass is 289 g/mol. The Bertz CT molecular complexity index is 600. The van der Waals surface area contributed by atoms with Crippen LogP contribution in [0, 0.1) is 6.92 Å². The van der Waals surface area contributed by atoms with Crippen LogP contribution in [-0.4, -0.2) is 36.6 Å². The highest BCUT2D eigenvalue weighted by Crippen LogP contribution is 2.22. The Morgan fingerprint density at radius 3 is 2.43 bits per heavy atom. The van der Waals surface area contributed by atoms with E-state index >= 15 is 0 Å². The van der Waals surface area contributed by atoms with Crippen LogP contribution in [0.25, 0.3) is 0 Å². The van der Waals surface area contributed by atoms with E-state index in [2.05, 4.69) is 15.3 Å². The molecule has 0 atom stereocenters. The Morgan fingerprint density at radius 1 is 1.24 bits per heavy atom. The molecule has 2 aromatic rings. The predicted molar refractivity (Wildman–Crippen MR) is 78.9 cm³/mol. The molecule has 2 N–H and O–H groups in total. The van der Waals surface area contributed by atoms with Crippen LogP contribution in [0.15, 0.2) is 24.4 Å². The maximum Gasteiger partial charge on any atom is 0.251 e. The lowest BCUT2D eigenvalue weighted by Crippen LogP contribution is -2.25. The number of benzene rings is 1. The summed E-state index contributed by atoms with van der Waals surface area (Å²) < 4.78 is 10.3. The van der Waals surface area contributed by atoms with Gasteiger partial charge in [-0.15, -0.1) is 0 Å². The Kier molecular flexibility index (Phi) is 4.81. The van der Waals surface area contributed by atoms with Crippen molar-refractivity contribution in [3.63, 3.8) is 0 Å². The summed E-state index contributed by atoms with van der Waals surface area (Å²) >= 11 is 0. The molecule has 0 spiro atoms. The van der Waals surface area contributed by atoms with E-state index < -0.39 is 0 Å². The molecule has 0 unspecified atom stereocenters. The van der Waals surface area contributed by atoms with Crippen molar-refractivity contribution < 1.29 is 14.3 Å². The number of methoxy groups -OCH3 is 2. The van der Waals surface area contributed by atoms with Crippen molar-refractivity contribution in [1.82, 2.24) is 15.3 Å². The molecule has 0 saturated carbocycles. The number of aromatic amines is 1. The highest BCUT2D eigenvalue weighted by Gasteiger charge is 2.09. The fourth-order valence-corrected chi connectivity index (χ4v) is 1.95. The molecule has 1 aromatic heterocycles. The van der Waals surface area contributed by atoms with Gasteiger partial charge in [0.15, 0.2) is 0 Å². The van der Waals surface area contributed by atoms with Gasteiger partial charge >= 0.3 is 0 Å². The number of H-pyrrole nitrogens is 1. The number of hydrogen-bond acceptors (Lipinski definition) is 4. The molecular weight excluding hydrogens is 270 g/mol. The summed E-state index contributed by atoms with van der Waals surface area (Å²) in [6.45, 7) is 2.42. The lowest BCUT2D eigenvalue weighted by atomic mass is 10.2. The highest BCUT2D eigenvalue weighted by molar-refractivity contribution is 5.95. The third-order valence-corrected chi connectivity index (χ3v) is 3.05. The molecular formula is C15H19N3O3. The van der Waals surface area contributed by atoms with Crippen molar-refractivity contribution in [2.24, 2.45) is 0 Å².